The van der Waals surface area contributed by atoms with Gasteiger partial charge in [0.1, 0.15) is 0 Å². The van der Waals surface area contributed by atoms with Crippen molar-refractivity contribution in [2.45, 2.75) is 13.8 Å². The molecule has 14 heavy (non-hydrogen) atoms. The monoisotopic (exact) mass is 187 g/mol. The minimum absolute atomic E-state index is 0.114. The van der Waals surface area contributed by atoms with Gasteiger partial charge >= 0.3 is 0 Å². The Labute approximate surface area is 84.0 Å². The van der Waals surface area contributed by atoms with E-state index >= 15 is 0 Å². The second-order valence-corrected chi connectivity index (χ2v) is 3.10. The normalized spacial score (nSPS) is 9.00. The van der Waals surface area contributed by atoms with E-state index in [0.717, 1.165) is 5.56 Å². The SMILES string of the molecule is C=C=C(NC(C)=O)c1ccc(C)cc1. The van der Waals surface area contributed by atoms with Crippen LogP contribution in [0.1, 0.15) is 18.1 Å². The van der Waals surface area contributed by atoms with Crippen molar-refractivity contribution in [3.05, 3.63) is 47.7 Å². The van der Waals surface area contributed by atoms with Gasteiger partial charge in [0.15, 0.2) is 0 Å². The molecule has 0 saturated carbocycles. The van der Waals surface area contributed by atoms with Crippen LogP contribution in [0.3, 0.4) is 0 Å². The second-order valence-electron chi connectivity index (χ2n) is 3.10. The molecule has 2 heteroatoms. The van der Waals surface area contributed by atoms with E-state index in [2.05, 4.69) is 17.6 Å². The van der Waals surface area contributed by atoms with Crippen LogP contribution in [0, 0.1) is 6.92 Å². The molecule has 0 atom stereocenters. The van der Waals surface area contributed by atoms with Gasteiger partial charge in [-0.05, 0) is 6.92 Å². The highest BCUT2D eigenvalue weighted by Gasteiger charge is 2.01. The molecule has 0 bridgehead atoms. The van der Waals surface area contributed by atoms with Crippen LogP contribution in [0.5, 0.6) is 0 Å². The fourth-order valence-corrected chi connectivity index (χ4v) is 1.11. The van der Waals surface area contributed by atoms with Crippen molar-refractivity contribution < 1.29 is 4.79 Å². The number of carbonyl (C=O) groups excluding carboxylic acids is 1. The first kappa shape index (κ1) is 10.3. The van der Waals surface area contributed by atoms with Crippen molar-refractivity contribution in [1.82, 2.24) is 5.32 Å². The zero-order valence-electron chi connectivity index (χ0n) is 8.42. The van der Waals surface area contributed by atoms with Crippen molar-refractivity contribution in [2.75, 3.05) is 0 Å². The molecule has 0 aliphatic rings. The molecular weight excluding hydrogens is 174 g/mol. The van der Waals surface area contributed by atoms with Crippen LogP contribution >= 0.6 is 0 Å². The topological polar surface area (TPSA) is 29.1 Å². The highest BCUT2D eigenvalue weighted by molar-refractivity contribution is 5.84. The summed E-state index contributed by atoms with van der Waals surface area (Å²) < 4.78 is 0. The maximum atomic E-state index is 10.9. The number of hydrogen-bond acceptors (Lipinski definition) is 1. The van der Waals surface area contributed by atoms with Gasteiger partial charge in [-0.25, -0.2) is 0 Å². The maximum absolute atomic E-state index is 10.9. The molecule has 0 aromatic heterocycles. The lowest BCUT2D eigenvalue weighted by molar-refractivity contribution is -0.117. The molecule has 0 heterocycles. The average molecular weight is 187 g/mol. The van der Waals surface area contributed by atoms with E-state index in [1.807, 2.05) is 31.2 Å². The summed E-state index contributed by atoms with van der Waals surface area (Å²) in [4.78, 5) is 10.9. The highest BCUT2D eigenvalue weighted by atomic mass is 16.1. The molecule has 0 fully saturated rings. The van der Waals surface area contributed by atoms with Gasteiger partial charge in [0.2, 0.25) is 5.91 Å². The Bertz CT molecular complexity index is 383. The average Bonchev–Trinajstić information content (AvgIpc) is 2.15. The van der Waals surface area contributed by atoms with E-state index in [9.17, 15) is 4.79 Å². The minimum atomic E-state index is -0.114. The highest BCUT2D eigenvalue weighted by Crippen LogP contribution is 2.10. The fourth-order valence-electron chi connectivity index (χ4n) is 1.11. The third-order valence-electron chi connectivity index (χ3n) is 1.82. The summed E-state index contributed by atoms with van der Waals surface area (Å²) in [5.74, 6) is -0.114. The first-order valence-electron chi connectivity index (χ1n) is 4.38. The lowest BCUT2D eigenvalue weighted by Crippen LogP contribution is -2.17. The quantitative estimate of drug-likeness (QED) is 0.707. The first-order valence-corrected chi connectivity index (χ1v) is 4.38. The van der Waals surface area contributed by atoms with Crippen LogP contribution in [0.2, 0.25) is 0 Å². The Balaban J connectivity index is 2.97. The predicted octanol–water partition coefficient (Wildman–Crippen LogP) is 2.26. The Morgan fingerprint density at radius 3 is 2.36 bits per heavy atom. The number of nitrogens with one attached hydrogen (secondary N) is 1. The van der Waals surface area contributed by atoms with E-state index in [-0.39, 0.29) is 5.91 Å². The molecule has 1 aromatic carbocycles. The summed E-state index contributed by atoms with van der Waals surface area (Å²) in [6.07, 6.45) is 0. The van der Waals surface area contributed by atoms with Crippen LogP contribution < -0.4 is 5.32 Å². The number of amides is 1. The zero-order valence-corrected chi connectivity index (χ0v) is 8.42. The minimum Gasteiger partial charge on any atom is -0.319 e. The van der Waals surface area contributed by atoms with Crippen molar-refractivity contribution in [3.63, 3.8) is 0 Å². The van der Waals surface area contributed by atoms with Crippen molar-refractivity contribution in [1.29, 1.82) is 0 Å². The van der Waals surface area contributed by atoms with Crippen LogP contribution in [-0.4, -0.2) is 5.91 Å². The number of benzene rings is 1. The van der Waals surface area contributed by atoms with Gasteiger partial charge in [0, 0.05) is 12.5 Å². The largest absolute Gasteiger partial charge is 0.319 e. The van der Waals surface area contributed by atoms with Crippen LogP contribution in [0.4, 0.5) is 0 Å². The molecule has 0 spiro atoms. The van der Waals surface area contributed by atoms with Gasteiger partial charge in [0.25, 0.3) is 0 Å². The third kappa shape index (κ3) is 2.61. The maximum Gasteiger partial charge on any atom is 0.221 e. The van der Waals surface area contributed by atoms with Crippen molar-refractivity contribution in [3.8, 4) is 0 Å². The van der Waals surface area contributed by atoms with Crippen molar-refractivity contribution >= 4 is 11.6 Å². The molecule has 0 saturated heterocycles. The van der Waals surface area contributed by atoms with Gasteiger partial charge in [-0.2, -0.15) is 0 Å². The lowest BCUT2D eigenvalue weighted by Gasteiger charge is -2.05. The van der Waals surface area contributed by atoms with Crippen LogP contribution in [0.25, 0.3) is 5.70 Å². The molecule has 1 rings (SSSR count). The first-order chi connectivity index (χ1) is 6.63. The summed E-state index contributed by atoms with van der Waals surface area (Å²) in [5.41, 5.74) is 5.42. The number of carbonyl (C=O) groups is 1. The predicted molar refractivity (Wildman–Crippen MR) is 57.5 cm³/mol. The van der Waals surface area contributed by atoms with Gasteiger partial charge in [0.05, 0.1) is 5.70 Å². The molecule has 1 aromatic rings. The summed E-state index contributed by atoms with van der Waals surface area (Å²) in [7, 11) is 0. The molecule has 0 radical (unpaired) electrons. The molecule has 1 amide bonds. The number of rotatable bonds is 2. The van der Waals surface area contributed by atoms with Gasteiger partial charge in [-0.1, -0.05) is 36.4 Å². The number of hydrogen-bond donors (Lipinski definition) is 1. The molecule has 72 valence electrons. The van der Waals surface area contributed by atoms with Gasteiger partial charge < -0.3 is 5.32 Å². The van der Waals surface area contributed by atoms with Gasteiger partial charge in [-0.15, -0.1) is 5.73 Å². The van der Waals surface area contributed by atoms with Crippen LogP contribution in [-0.2, 0) is 4.79 Å². The van der Waals surface area contributed by atoms with E-state index in [4.69, 9.17) is 0 Å². The third-order valence-corrected chi connectivity index (χ3v) is 1.82. The smallest absolute Gasteiger partial charge is 0.221 e. The van der Waals surface area contributed by atoms with Crippen molar-refractivity contribution in [2.24, 2.45) is 0 Å². The van der Waals surface area contributed by atoms with E-state index in [0.29, 0.717) is 5.70 Å². The molecular formula is C12H13NO. The second kappa shape index (κ2) is 4.45. The summed E-state index contributed by atoms with van der Waals surface area (Å²) in [6, 6.07) is 7.82. The molecule has 0 aliphatic heterocycles. The molecule has 1 N–H and O–H groups in total. The molecule has 0 aliphatic carbocycles. The summed E-state index contributed by atoms with van der Waals surface area (Å²) in [5, 5.41) is 2.67. The van der Waals surface area contributed by atoms with E-state index in [1.54, 1.807) is 0 Å². The summed E-state index contributed by atoms with van der Waals surface area (Å²) >= 11 is 0. The van der Waals surface area contributed by atoms with Gasteiger partial charge in [-0.3, -0.25) is 4.79 Å². The standard InChI is InChI=1S/C12H13NO/c1-4-12(13-10(3)14)11-7-5-9(2)6-8-11/h5-8H,1H2,2-3H3,(H,13,14). The molecule has 2 nitrogen and oxygen atoms in total. The fraction of sp³-hybridized carbons (Fsp3) is 0.167. The number of aryl methyl sites for hydroxylation is 1. The lowest BCUT2D eigenvalue weighted by atomic mass is 10.1. The Morgan fingerprint density at radius 2 is 1.93 bits per heavy atom. The van der Waals surface area contributed by atoms with Crippen LogP contribution in [0.15, 0.2) is 36.6 Å². The Morgan fingerprint density at radius 1 is 1.36 bits per heavy atom. The Hall–Kier alpha value is -1.79. The van der Waals surface area contributed by atoms with E-state index in [1.165, 1.54) is 12.5 Å². The zero-order chi connectivity index (χ0) is 10.6. The van der Waals surface area contributed by atoms with E-state index < -0.39 is 0 Å². The molecule has 0 unspecified atom stereocenters. The summed E-state index contributed by atoms with van der Waals surface area (Å²) in [6.45, 7) is 7.01. The Kier molecular flexibility index (Phi) is 3.27.